The van der Waals surface area contributed by atoms with Gasteiger partial charge < -0.3 is 15.5 Å². The molecule has 0 spiro atoms. The molecule has 2 aliphatic rings. The lowest BCUT2D eigenvalue weighted by Gasteiger charge is -2.35. The van der Waals surface area contributed by atoms with Crippen LogP contribution in [0.25, 0.3) is 0 Å². The van der Waals surface area contributed by atoms with E-state index in [0.29, 0.717) is 18.9 Å². The quantitative estimate of drug-likeness (QED) is 0.713. The summed E-state index contributed by atoms with van der Waals surface area (Å²) in [4.78, 5) is 29.0. The van der Waals surface area contributed by atoms with Gasteiger partial charge in [0.2, 0.25) is 11.8 Å². The summed E-state index contributed by atoms with van der Waals surface area (Å²) in [6.45, 7) is 10.6. The van der Waals surface area contributed by atoms with Crippen LogP contribution in [0, 0.1) is 5.92 Å². The summed E-state index contributed by atoms with van der Waals surface area (Å²) in [6.07, 6.45) is 3.29. The van der Waals surface area contributed by atoms with Crippen molar-refractivity contribution in [1.29, 1.82) is 0 Å². The molecule has 6 nitrogen and oxygen atoms in total. The Morgan fingerprint density at radius 3 is 2.61 bits per heavy atom. The molecule has 6 heteroatoms. The van der Waals surface area contributed by atoms with Crippen molar-refractivity contribution in [2.45, 2.75) is 45.6 Å². The van der Waals surface area contributed by atoms with E-state index < -0.39 is 0 Å². The number of amides is 2. The first-order chi connectivity index (χ1) is 11.1. The van der Waals surface area contributed by atoms with Gasteiger partial charge in [-0.2, -0.15) is 0 Å². The zero-order chi connectivity index (χ0) is 16.7. The summed E-state index contributed by atoms with van der Waals surface area (Å²) >= 11 is 0. The van der Waals surface area contributed by atoms with Gasteiger partial charge in [0.1, 0.15) is 6.04 Å². The fourth-order valence-electron chi connectivity index (χ4n) is 3.37. The van der Waals surface area contributed by atoms with Gasteiger partial charge in [0.15, 0.2) is 0 Å². The van der Waals surface area contributed by atoms with Crippen LogP contribution in [-0.4, -0.2) is 73.5 Å². The van der Waals surface area contributed by atoms with Crippen LogP contribution in [-0.2, 0) is 9.59 Å². The monoisotopic (exact) mass is 324 g/mol. The van der Waals surface area contributed by atoms with Crippen LogP contribution >= 0.6 is 0 Å². The molecule has 2 saturated heterocycles. The maximum absolute atomic E-state index is 12.6. The molecular formula is C17H32N4O2. The highest BCUT2D eigenvalue weighted by Gasteiger charge is 2.31. The third-order valence-electron chi connectivity index (χ3n) is 4.67. The van der Waals surface area contributed by atoms with Crippen LogP contribution in [0.1, 0.15) is 39.5 Å². The molecule has 0 saturated carbocycles. The minimum absolute atomic E-state index is 0.0177. The van der Waals surface area contributed by atoms with Crippen LogP contribution in [0.15, 0.2) is 0 Å². The summed E-state index contributed by atoms with van der Waals surface area (Å²) in [5, 5.41) is 6.39. The van der Waals surface area contributed by atoms with E-state index in [1.807, 2.05) is 4.90 Å². The summed E-state index contributed by atoms with van der Waals surface area (Å²) < 4.78 is 0. The largest absolute Gasteiger partial charge is 0.353 e. The van der Waals surface area contributed by atoms with Crippen molar-refractivity contribution < 1.29 is 9.59 Å². The van der Waals surface area contributed by atoms with Crippen molar-refractivity contribution >= 4 is 11.8 Å². The fraction of sp³-hybridized carbons (Fsp3) is 0.882. The van der Waals surface area contributed by atoms with Crippen molar-refractivity contribution in [2.75, 3.05) is 45.8 Å². The summed E-state index contributed by atoms with van der Waals surface area (Å²) in [7, 11) is 0. The molecule has 0 aromatic heterocycles. The fourth-order valence-corrected chi connectivity index (χ4v) is 3.37. The van der Waals surface area contributed by atoms with Crippen molar-refractivity contribution in [3.63, 3.8) is 0 Å². The summed E-state index contributed by atoms with van der Waals surface area (Å²) in [5.74, 6) is 0.553. The maximum atomic E-state index is 12.6. The average Bonchev–Trinajstić information content (AvgIpc) is 2.54. The Morgan fingerprint density at radius 2 is 1.96 bits per heavy atom. The van der Waals surface area contributed by atoms with E-state index >= 15 is 0 Å². The van der Waals surface area contributed by atoms with E-state index in [-0.39, 0.29) is 17.9 Å². The van der Waals surface area contributed by atoms with E-state index in [9.17, 15) is 9.59 Å². The molecule has 0 aromatic rings. The Bertz CT molecular complexity index is 394. The topological polar surface area (TPSA) is 64.7 Å². The first-order valence-corrected chi connectivity index (χ1v) is 9.08. The number of carbonyl (C=O) groups excluding carboxylic acids is 2. The predicted molar refractivity (Wildman–Crippen MR) is 91.1 cm³/mol. The highest BCUT2D eigenvalue weighted by Crippen LogP contribution is 2.19. The van der Waals surface area contributed by atoms with E-state index in [1.165, 1.54) is 0 Å². The molecule has 0 radical (unpaired) electrons. The van der Waals surface area contributed by atoms with E-state index in [0.717, 1.165) is 58.5 Å². The summed E-state index contributed by atoms with van der Waals surface area (Å²) in [5.41, 5.74) is 0. The lowest BCUT2D eigenvalue weighted by atomic mass is 9.98. The Morgan fingerprint density at radius 1 is 1.22 bits per heavy atom. The van der Waals surface area contributed by atoms with Crippen LogP contribution < -0.4 is 10.6 Å². The number of nitrogens with one attached hydrogen (secondary N) is 2. The molecule has 1 atom stereocenters. The highest BCUT2D eigenvalue weighted by molar-refractivity contribution is 5.88. The van der Waals surface area contributed by atoms with Gasteiger partial charge in [0.05, 0.1) is 0 Å². The second-order valence-electron chi connectivity index (χ2n) is 7.07. The van der Waals surface area contributed by atoms with E-state index in [4.69, 9.17) is 0 Å². The maximum Gasteiger partial charge on any atom is 0.242 e. The van der Waals surface area contributed by atoms with E-state index in [1.54, 1.807) is 0 Å². The molecule has 2 aliphatic heterocycles. The molecule has 0 aliphatic carbocycles. The van der Waals surface area contributed by atoms with Gasteiger partial charge in [-0.05, 0) is 25.2 Å². The zero-order valence-corrected chi connectivity index (χ0v) is 14.6. The number of nitrogens with zero attached hydrogens (tertiary/aromatic N) is 2. The lowest BCUT2D eigenvalue weighted by Crippen LogP contribution is -2.53. The Kier molecular flexibility index (Phi) is 7.30. The van der Waals surface area contributed by atoms with Crippen molar-refractivity contribution in [3.8, 4) is 0 Å². The number of hydrogen-bond donors (Lipinski definition) is 2. The van der Waals surface area contributed by atoms with Crippen LogP contribution in [0.5, 0.6) is 0 Å². The minimum atomic E-state index is -0.300. The number of rotatable bonds is 7. The molecular weight excluding hydrogens is 292 g/mol. The highest BCUT2D eigenvalue weighted by atomic mass is 16.2. The molecule has 2 fully saturated rings. The standard InChI is InChI=1S/C17H32N4O2/c1-14(2)13-15(21-9-4-3-5-16(21)22)17(23)19-8-12-20-10-6-18-7-11-20/h14-15,18H,3-13H2,1-2H3,(H,19,23). The summed E-state index contributed by atoms with van der Waals surface area (Å²) in [6, 6.07) is -0.300. The van der Waals surface area contributed by atoms with Gasteiger partial charge >= 0.3 is 0 Å². The number of likely N-dealkylation sites (tertiary alicyclic amines) is 1. The van der Waals surface area contributed by atoms with Crippen LogP contribution in [0.3, 0.4) is 0 Å². The smallest absolute Gasteiger partial charge is 0.242 e. The number of hydrogen-bond acceptors (Lipinski definition) is 4. The lowest BCUT2D eigenvalue weighted by molar-refractivity contribution is -0.143. The third kappa shape index (κ3) is 5.77. The van der Waals surface area contributed by atoms with Crippen LogP contribution in [0.2, 0.25) is 0 Å². The van der Waals surface area contributed by atoms with Gasteiger partial charge in [-0.1, -0.05) is 13.8 Å². The molecule has 23 heavy (non-hydrogen) atoms. The second kappa shape index (κ2) is 9.23. The van der Waals surface area contributed by atoms with E-state index in [2.05, 4.69) is 29.4 Å². The van der Waals surface area contributed by atoms with Crippen molar-refractivity contribution in [1.82, 2.24) is 20.4 Å². The first kappa shape index (κ1) is 18.2. The van der Waals surface area contributed by atoms with Gasteiger partial charge in [0, 0.05) is 52.2 Å². The molecule has 2 rings (SSSR count). The van der Waals surface area contributed by atoms with Gasteiger partial charge in [0.25, 0.3) is 0 Å². The van der Waals surface area contributed by atoms with Crippen LogP contribution in [0.4, 0.5) is 0 Å². The number of carbonyl (C=O) groups is 2. The molecule has 0 bridgehead atoms. The predicted octanol–water partition coefficient (Wildman–Crippen LogP) is 0.435. The van der Waals surface area contributed by atoms with Crippen molar-refractivity contribution in [2.24, 2.45) is 5.92 Å². The second-order valence-corrected chi connectivity index (χ2v) is 7.07. The molecule has 0 aromatic carbocycles. The minimum Gasteiger partial charge on any atom is -0.353 e. The number of piperazine rings is 1. The number of piperidine rings is 1. The van der Waals surface area contributed by atoms with Crippen molar-refractivity contribution in [3.05, 3.63) is 0 Å². The SMILES string of the molecule is CC(C)CC(C(=O)NCCN1CCNCC1)N1CCCCC1=O. The third-order valence-corrected chi connectivity index (χ3v) is 4.67. The Labute approximate surface area is 140 Å². The average molecular weight is 324 g/mol. The zero-order valence-electron chi connectivity index (χ0n) is 14.6. The van der Waals surface area contributed by atoms with Gasteiger partial charge in [-0.25, -0.2) is 0 Å². The normalized spacial score (nSPS) is 21.5. The molecule has 2 amide bonds. The first-order valence-electron chi connectivity index (χ1n) is 9.08. The molecule has 2 heterocycles. The molecule has 1 unspecified atom stereocenters. The Hall–Kier alpha value is -1.14. The van der Waals surface area contributed by atoms with Gasteiger partial charge in [-0.15, -0.1) is 0 Å². The van der Waals surface area contributed by atoms with Gasteiger partial charge in [-0.3, -0.25) is 14.5 Å². The molecule has 132 valence electrons. The molecule has 2 N–H and O–H groups in total. The Balaban J connectivity index is 1.84.